The van der Waals surface area contributed by atoms with Crippen molar-refractivity contribution in [3.63, 3.8) is 0 Å². The Kier molecular flexibility index (Phi) is 7.31. The number of anilines is 2. The van der Waals surface area contributed by atoms with Crippen LogP contribution in [0.3, 0.4) is 0 Å². The summed E-state index contributed by atoms with van der Waals surface area (Å²) in [6, 6.07) is 0.656. The third kappa shape index (κ3) is 6.14. The zero-order valence-corrected chi connectivity index (χ0v) is 17.9. The van der Waals surface area contributed by atoms with Crippen LogP contribution < -0.4 is 15.4 Å². The molecule has 1 aliphatic heterocycles. The Balaban J connectivity index is 1.46. The molecule has 1 amide bonds. The Labute approximate surface area is 189 Å². The van der Waals surface area contributed by atoms with Crippen LogP contribution in [0.5, 0.6) is 0 Å². The van der Waals surface area contributed by atoms with Crippen LogP contribution in [0.25, 0.3) is 0 Å². The highest BCUT2D eigenvalue weighted by atomic mass is 19.4. The van der Waals surface area contributed by atoms with Crippen molar-refractivity contribution in [2.24, 2.45) is 0 Å². The molecule has 0 spiro atoms. The molecule has 0 atom stereocenters. The molecule has 0 aliphatic carbocycles. The summed E-state index contributed by atoms with van der Waals surface area (Å²) < 4.78 is 76.5. The Morgan fingerprint density at radius 3 is 2.24 bits per heavy atom. The molecule has 34 heavy (non-hydrogen) atoms. The fourth-order valence-electron chi connectivity index (χ4n) is 3.33. The number of carbonyl (C=O) groups excluding carboxylic acids is 1. The van der Waals surface area contributed by atoms with Crippen molar-refractivity contribution in [1.82, 2.24) is 25.1 Å². The van der Waals surface area contributed by atoms with Crippen molar-refractivity contribution >= 4 is 17.7 Å². The summed E-state index contributed by atoms with van der Waals surface area (Å²) in [5.41, 5.74) is -3.63. The number of H-pyrrole nitrogens is 1. The highest BCUT2D eigenvalue weighted by Crippen LogP contribution is 2.29. The molecule has 3 rings (SSSR count). The number of alkyl halides is 6. The predicted molar refractivity (Wildman–Crippen MR) is 108 cm³/mol. The lowest BCUT2D eigenvalue weighted by Crippen LogP contribution is -2.49. The molecule has 2 aromatic rings. The van der Waals surface area contributed by atoms with E-state index in [4.69, 9.17) is 0 Å². The van der Waals surface area contributed by atoms with E-state index in [-0.39, 0.29) is 30.6 Å². The quantitative estimate of drug-likeness (QED) is 0.616. The predicted octanol–water partition coefficient (Wildman–Crippen LogP) is 2.16. The van der Waals surface area contributed by atoms with Gasteiger partial charge in [0.2, 0.25) is 11.9 Å². The van der Waals surface area contributed by atoms with Crippen molar-refractivity contribution in [3.8, 4) is 0 Å². The number of hydrogen-bond donors (Lipinski definition) is 1. The Hall–Kier alpha value is -3.39. The molecule has 1 saturated heterocycles. The number of nitrogens with one attached hydrogen (secondary N) is 1. The molecule has 2 aromatic heterocycles. The first-order valence-electron chi connectivity index (χ1n) is 10.2. The summed E-state index contributed by atoms with van der Waals surface area (Å²) in [5, 5.41) is 5.43. The number of amides is 1. The molecular formula is C19H21F6N7O2. The maximum Gasteiger partial charge on any atom is 0.421 e. The van der Waals surface area contributed by atoms with Crippen molar-refractivity contribution in [2.75, 3.05) is 49.6 Å². The number of halogens is 6. The van der Waals surface area contributed by atoms with Gasteiger partial charge in [0, 0.05) is 64.7 Å². The number of piperazine rings is 1. The number of nitrogens with zero attached hydrogens (tertiary/aromatic N) is 6. The summed E-state index contributed by atoms with van der Waals surface area (Å²) in [4.78, 5) is 36.0. The van der Waals surface area contributed by atoms with E-state index in [2.05, 4.69) is 15.1 Å². The van der Waals surface area contributed by atoms with Gasteiger partial charge in [0.25, 0.3) is 5.56 Å². The minimum Gasteiger partial charge on any atom is -0.358 e. The molecule has 15 heteroatoms. The SMILES string of the molecule is CN(CCCC(=O)N1CCN(c2ncc(C(F)(F)F)cn2)CC1)c1cc(C(F)(F)F)c(=O)[nH]n1. The van der Waals surface area contributed by atoms with E-state index in [1.807, 2.05) is 5.10 Å². The minimum atomic E-state index is -4.81. The Bertz CT molecular complexity index is 1050. The summed E-state index contributed by atoms with van der Waals surface area (Å²) >= 11 is 0. The molecule has 0 aromatic carbocycles. The summed E-state index contributed by atoms with van der Waals surface area (Å²) in [5.74, 6) is -0.0929. The minimum absolute atomic E-state index is 0.0791. The first-order chi connectivity index (χ1) is 15.9. The van der Waals surface area contributed by atoms with E-state index in [1.54, 1.807) is 9.80 Å². The first kappa shape index (κ1) is 25.2. The number of aromatic nitrogens is 4. The van der Waals surface area contributed by atoms with Gasteiger partial charge in [-0.1, -0.05) is 0 Å². The molecule has 1 aliphatic rings. The molecule has 0 radical (unpaired) electrons. The second kappa shape index (κ2) is 9.85. The van der Waals surface area contributed by atoms with E-state index < -0.39 is 29.0 Å². The van der Waals surface area contributed by atoms with Gasteiger partial charge >= 0.3 is 12.4 Å². The molecular weight excluding hydrogens is 472 g/mol. The van der Waals surface area contributed by atoms with Gasteiger partial charge in [-0.3, -0.25) is 9.59 Å². The van der Waals surface area contributed by atoms with Crippen molar-refractivity contribution in [2.45, 2.75) is 25.2 Å². The first-order valence-corrected chi connectivity index (χ1v) is 10.2. The van der Waals surface area contributed by atoms with Gasteiger partial charge in [-0.2, -0.15) is 31.4 Å². The second-order valence-corrected chi connectivity index (χ2v) is 7.63. The largest absolute Gasteiger partial charge is 0.421 e. The summed E-state index contributed by atoms with van der Waals surface area (Å²) in [6.07, 6.45) is -7.44. The summed E-state index contributed by atoms with van der Waals surface area (Å²) in [7, 11) is 1.49. The van der Waals surface area contributed by atoms with Gasteiger partial charge in [0.1, 0.15) is 11.4 Å². The number of aromatic amines is 1. The molecule has 0 saturated carbocycles. The maximum absolute atomic E-state index is 12.9. The standard InChI is InChI=1S/C19H21F6N7O2/c1-30(14-9-13(19(23,24)25)16(34)29-28-14)4-2-3-15(33)31-5-7-32(8-6-31)17-26-10-12(11-27-17)18(20,21)22/h9-11H,2-8H2,1H3,(H,29,34). The van der Waals surface area contributed by atoms with Crippen molar-refractivity contribution in [3.05, 3.63) is 39.9 Å². The van der Waals surface area contributed by atoms with Crippen LogP contribution in [0.2, 0.25) is 0 Å². The highest BCUT2D eigenvalue weighted by Gasteiger charge is 2.35. The van der Waals surface area contributed by atoms with Crippen LogP contribution >= 0.6 is 0 Å². The Morgan fingerprint density at radius 2 is 1.68 bits per heavy atom. The van der Waals surface area contributed by atoms with E-state index in [1.165, 1.54) is 11.9 Å². The monoisotopic (exact) mass is 493 g/mol. The molecule has 3 heterocycles. The third-order valence-corrected chi connectivity index (χ3v) is 5.25. The lowest BCUT2D eigenvalue weighted by atomic mass is 10.2. The normalized spacial score (nSPS) is 14.9. The number of hydrogen-bond acceptors (Lipinski definition) is 7. The van der Waals surface area contributed by atoms with Gasteiger partial charge in [-0.05, 0) is 6.42 Å². The smallest absolute Gasteiger partial charge is 0.358 e. The van der Waals surface area contributed by atoms with Gasteiger partial charge in [-0.25, -0.2) is 15.1 Å². The van der Waals surface area contributed by atoms with E-state index in [0.717, 1.165) is 0 Å². The second-order valence-electron chi connectivity index (χ2n) is 7.63. The number of rotatable bonds is 6. The fourth-order valence-corrected chi connectivity index (χ4v) is 3.33. The van der Waals surface area contributed by atoms with Crippen LogP contribution in [0.1, 0.15) is 24.0 Å². The average molecular weight is 493 g/mol. The average Bonchev–Trinajstić information content (AvgIpc) is 2.78. The molecule has 0 unspecified atom stereocenters. The highest BCUT2D eigenvalue weighted by molar-refractivity contribution is 5.76. The van der Waals surface area contributed by atoms with Crippen LogP contribution in [0.4, 0.5) is 38.1 Å². The van der Waals surface area contributed by atoms with Crippen molar-refractivity contribution in [1.29, 1.82) is 0 Å². The Morgan fingerprint density at radius 1 is 1.06 bits per heavy atom. The van der Waals surface area contributed by atoms with Gasteiger partial charge < -0.3 is 14.7 Å². The molecule has 1 fully saturated rings. The van der Waals surface area contributed by atoms with Crippen LogP contribution in [-0.4, -0.2) is 70.7 Å². The molecule has 186 valence electrons. The van der Waals surface area contributed by atoms with Gasteiger partial charge in [-0.15, -0.1) is 0 Å². The lowest BCUT2D eigenvalue weighted by Gasteiger charge is -2.35. The van der Waals surface area contributed by atoms with E-state index in [0.29, 0.717) is 51.1 Å². The molecule has 9 nitrogen and oxygen atoms in total. The third-order valence-electron chi connectivity index (χ3n) is 5.25. The fraction of sp³-hybridized carbons (Fsp3) is 0.526. The maximum atomic E-state index is 12.9. The summed E-state index contributed by atoms with van der Waals surface area (Å²) in [6.45, 7) is 1.57. The molecule has 1 N–H and O–H groups in total. The topological polar surface area (TPSA) is 98.3 Å². The van der Waals surface area contributed by atoms with Crippen LogP contribution in [0, 0.1) is 0 Å². The lowest BCUT2D eigenvalue weighted by molar-refractivity contribution is -0.139. The zero-order valence-electron chi connectivity index (χ0n) is 17.9. The van der Waals surface area contributed by atoms with Crippen molar-refractivity contribution < 1.29 is 31.1 Å². The van der Waals surface area contributed by atoms with Gasteiger partial charge in [0.15, 0.2) is 0 Å². The van der Waals surface area contributed by atoms with Gasteiger partial charge in [0.05, 0.1) is 5.56 Å². The number of carbonyl (C=O) groups is 1. The molecule has 0 bridgehead atoms. The van der Waals surface area contributed by atoms with E-state index >= 15 is 0 Å². The zero-order chi connectivity index (χ0) is 25.1. The van der Waals surface area contributed by atoms with Crippen LogP contribution in [-0.2, 0) is 17.1 Å². The van der Waals surface area contributed by atoms with E-state index in [9.17, 15) is 35.9 Å². The van der Waals surface area contributed by atoms with Crippen LogP contribution in [0.15, 0.2) is 23.3 Å².